The number of carbonyl (C=O) groups is 2. The number of nitrogens with zero attached hydrogens (tertiary/aromatic N) is 2. The maximum Gasteiger partial charge on any atom is 0.327 e. The number of benzene rings is 2. The van der Waals surface area contributed by atoms with Gasteiger partial charge in [-0.25, -0.2) is 4.79 Å². The number of hydrogen-bond acceptors (Lipinski definition) is 3. The molecule has 0 saturated heterocycles. The molecule has 1 unspecified atom stereocenters. The number of aliphatic carboxylic acids is 1. The second-order valence-corrected chi connectivity index (χ2v) is 7.54. The average Bonchev–Trinajstić information content (AvgIpc) is 2.93. The number of para-hydroxylation sites is 1. The van der Waals surface area contributed by atoms with Gasteiger partial charge in [0.05, 0.1) is 10.2 Å². The van der Waals surface area contributed by atoms with E-state index >= 15 is 0 Å². The van der Waals surface area contributed by atoms with Gasteiger partial charge in [0, 0.05) is 5.56 Å². The van der Waals surface area contributed by atoms with Crippen molar-refractivity contribution in [2.24, 2.45) is 10.9 Å². The van der Waals surface area contributed by atoms with Gasteiger partial charge in [-0.2, -0.15) is 4.99 Å². The minimum atomic E-state index is -0.937. The van der Waals surface area contributed by atoms with Crippen molar-refractivity contribution in [3.05, 3.63) is 64.5 Å². The topological polar surface area (TPSA) is 71.7 Å². The molecule has 0 spiro atoms. The highest BCUT2D eigenvalue weighted by molar-refractivity contribution is 7.16. The Morgan fingerprint density at radius 2 is 1.73 bits per heavy atom. The van der Waals surface area contributed by atoms with E-state index in [2.05, 4.69) is 4.99 Å². The van der Waals surface area contributed by atoms with Gasteiger partial charge < -0.3 is 9.67 Å². The van der Waals surface area contributed by atoms with Crippen LogP contribution in [0.4, 0.5) is 0 Å². The molecule has 1 heterocycles. The van der Waals surface area contributed by atoms with Crippen molar-refractivity contribution in [1.82, 2.24) is 4.57 Å². The first kappa shape index (κ1) is 18.1. The standard InChI is InChI=1S/C20H20N2O3S/c1-12(2)17(19(24)25)22-15-6-4-5-7-16(15)26-20(22)21-18(23)14-10-8-13(3)9-11-14/h4-12,17H,1-3H3,(H,24,25)/b21-20-. The van der Waals surface area contributed by atoms with Crippen molar-refractivity contribution < 1.29 is 14.7 Å². The van der Waals surface area contributed by atoms with Crippen molar-refractivity contribution in [2.45, 2.75) is 26.8 Å². The number of hydrogen-bond donors (Lipinski definition) is 1. The third-order valence-electron chi connectivity index (χ3n) is 4.19. The van der Waals surface area contributed by atoms with E-state index in [0.717, 1.165) is 15.8 Å². The molecule has 1 N–H and O–H groups in total. The smallest absolute Gasteiger partial charge is 0.327 e. The molecule has 3 aromatic rings. The first-order valence-corrected chi connectivity index (χ1v) is 9.18. The fourth-order valence-corrected chi connectivity index (χ4v) is 3.93. The lowest BCUT2D eigenvalue weighted by Crippen LogP contribution is -2.31. The van der Waals surface area contributed by atoms with Crippen LogP contribution < -0.4 is 4.80 Å². The second kappa shape index (κ2) is 7.25. The summed E-state index contributed by atoms with van der Waals surface area (Å²) in [5, 5.41) is 9.74. The first-order valence-electron chi connectivity index (χ1n) is 8.37. The Bertz CT molecular complexity index is 1030. The number of carbonyl (C=O) groups excluding carboxylic acids is 1. The molecule has 5 nitrogen and oxygen atoms in total. The molecule has 0 radical (unpaired) electrons. The van der Waals surface area contributed by atoms with Crippen molar-refractivity contribution in [2.75, 3.05) is 0 Å². The van der Waals surface area contributed by atoms with E-state index in [-0.39, 0.29) is 11.8 Å². The number of amides is 1. The summed E-state index contributed by atoms with van der Waals surface area (Å²) in [6.07, 6.45) is 0. The van der Waals surface area contributed by atoms with Crippen LogP contribution in [0.25, 0.3) is 10.2 Å². The molecule has 26 heavy (non-hydrogen) atoms. The summed E-state index contributed by atoms with van der Waals surface area (Å²) in [6.45, 7) is 5.65. The van der Waals surface area contributed by atoms with Crippen LogP contribution in [0.2, 0.25) is 0 Å². The van der Waals surface area contributed by atoms with Crippen LogP contribution in [0.1, 0.15) is 35.8 Å². The summed E-state index contributed by atoms with van der Waals surface area (Å²) >= 11 is 1.33. The summed E-state index contributed by atoms with van der Waals surface area (Å²) in [5.41, 5.74) is 2.31. The van der Waals surface area contributed by atoms with Gasteiger partial charge in [-0.15, -0.1) is 0 Å². The zero-order chi connectivity index (χ0) is 18.8. The van der Waals surface area contributed by atoms with Crippen molar-refractivity contribution in [3.8, 4) is 0 Å². The van der Waals surface area contributed by atoms with E-state index in [9.17, 15) is 14.7 Å². The van der Waals surface area contributed by atoms with Crippen LogP contribution in [0.15, 0.2) is 53.5 Å². The molecule has 0 aliphatic heterocycles. The van der Waals surface area contributed by atoms with Crippen LogP contribution in [0.3, 0.4) is 0 Å². The van der Waals surface area contributed by atoms with E-state index in [0.29, 0.717) is 10.4 Å². The highest BCUT2D eigenvalue weighted by Crippen LogP contribution is 2.25. The number of carboxylic acids is 1. The van der Waals surface area contributed by atoms with Crippen molar-refractivity contribution in [1.29, 1.82) is 0 Å². The number of thiazole rings is 1. The lowest BCUT2D eigenvalue weighted by molar-refractivity contribution is -0.142. The van der Waals surface area contributed by atoms with E-state index in [4.69, 9.17) is 0 Å². The van der Waals surface area contributed by atoms with Crippen LogP contribution in [-0.2, 0) is 4.79 Å². The molecule has 0 saturated carbocycles. The molecule has 0 aliphatic rings. The fourth-order valence-electron chi connectivity index (χ4n) is 2.88. The Morgan fingerprint density at radius 3 is 2.35 bits per heavy atom. The van der Waals surface area contributed by atoms with Gasteiger partial charge in [0.25, 0.3) is 5.91 Å². The minimum absolute atomic E-state index is 0.154. The van der Waals surface area contributed by atoms with Gasteiger partial charge in [-0.1, -0.05) is 55.0 Å². The molecule has 6 heteroatoms. The minimum Gasteiger partial charge on any atom is -0.480 e. The summed E-state index contributed by atoms with van der Waals surface area (Å²) in [4.78, 5) is 29.1. The lowest BCUT2D eigenvalue weighted by atomic mass is 10.0. The van der Waals surface area contributed by atoms with Crippen LogP contribution in [-0.4, -0.2) is 21.6 Å². The number of aromatic nitrogens is 1. The Hall–Kier alpha value is -2.73. The Balaban J connectivity index is 2.22. The summed E-state index contributed by atoms with van der Waals surface area (Å²) in [5.74, 6) is -1.47. The van der Waals surface area contributed by atoms with Gasteiger partial charge >= 0.3 is 5.97 Å². The fraction of sp³-hybridized carbons (Fsp3) is 0.250. The highest BCUT2D eigenvalue weighted by Gasteiger charge is 2.26. The zero-order valence-electron chi connectivity index (χ0n) is 14.8. The first-order chi connectivity index (χ1) is 12.4. The van der Waals surface area contributed by atoms with Gasteiger partial charge in [0.2, 0.25) is 0 Å². The molecular formula is C20H20N2O3S. The van der Waals surface area contributed by atoms with E-state index in [1.54, 1.807) is 16.7 Å². The largest absolute Gasteiger partial charge is 0.480 e. The quantitative estimate of drug-likeness (QED) is 0.756. The average molecular weight is 368 g/mol. The van der Waals surface area contributed by atoms with E-state index in [1.807, 2.05) is 57.2 Å². The normalized spacial score (nSPS) is 13.3. The molecule has 0 aliphatic carbocycles. The third-order valence-corrected chi connectivity index (χ3v) is 5.23. The summed E-state index contributed by atoms with van der Waals surface area (Å²) in [7, 11) is 0. The van der Waals surface area contributed by atoms with Gasteiger partial charge in [0.1, 0.15) is 6.04 Å². The van der Waals surface area contributed by atoms with Gasteiger partial charge in [0.15, 0.2) is 4.80 Å². The molecule has 134 valence electrons. The third kappa shape index (κ3) is 3.46. The predicted octanol–water partition coefficient (Wildman–Crippen LogP) is 4.03. The predicted molar refractivity (Wildman–Crippen MR) is 102 cm³/mol. The maximum atomic E-state index is 12.6. The molecule has 2 aromatic carbocycles. The van der Waals surface area contributed by atoms with Gasteiger partial charge in [-0.3, -0.25) is 4.79 Å². The molecule has 0 bridgehead atoms. The lowest BCUT2D eigenvalue weighted by Gasteiger charge is -2.19. The number of carboxylic acid groups (broad SMARTS) is 1. The Kier molecular flexibility index (Phi) is 5.04. The molecular weight excluding hydrogens is 348 g/mol. The molecule has 1 aromatic heterocycles. The van der Waals surface area contributed by atoms with E-state index in [1.165, 1.54) is 11.3 Å². The highest BCUT2D eigenvalue weighted by atomic mass is 32.1. The zero-order valence-corrected chi connectivity index (χ0v) is 15.7. The van der Waals surface area contributed by atoms with Crippen LogP contribution in [0, 0.1) is 12.8 Å². The molecule has 3 rings (SSSR count). The second-order valence-electron chi connectivity index (χ2n) is 6.53. The number of fused-ring (bicyclic) bond motifs is 1. The Labute approximate surface area is 155 Å². The molecule has 0 fully saturated rings. The summed E-state index contributed by atoms with van der Waals surface area (Å²) in [6, 6.07) is 13.9. The number of rotatable bonds is 4. The van der Waals surface area contributed by atoms with Crippen molar-refractivity contribution in [3.63, 3.8) is 0 Å². The SMILES string of the molecule is Cc1ccc(C(=O)/N=c2\sc3ccccc3n2C(C(=O)O)C(C)C)cc1. The summed E-state index contributed by atoms with van der Waals surface area (Å²) < 4.78 is 2.56. The Morgan fingerprint density at radius 1 is 1.08 bits per heavy atom. The molecule has 1 amide bonds. The van der Waals surface area contributed by atoms with Crippen LogP contribution >= 0.6 is 11.3 Å². The van der Waals surface area contributed by atoms with E-state index < -0.39 is 12.0 Å². The van der Waals surface area contributed by atoms with Crippen molar-refractivity contribution >= 4 is 33.4 Å². The monoisotopic (exact) mass is 368 g/mol. The maximum absolute atomic E-state index is 12.6. The van der Waals surface area contributed by atoms with Crippen LogP contribution in [0.5, 0.6) is 0 Å². The number of aryl methyl sites for hydroxylation is 1. The molecule has 1 atom stereocenters. The van der Waals surface area contributed by atoms with Gasteiger partial charge in [-0.05, 0) is 37.1 Å².